The van der Waals surface area contributed by atoms with Gasteiger partial charge in [0.15, 0.2) is 0 Å². The Morgan fingerprint density at radius 1 is 0.593 bits per heavy atom. The lowest BCUT2D eigenvalue weighted by Gasteiger charge is -2.11. The Balaban J connectivity index is 0.000000396. The zero-order valence-electron chi connectivity index (χ0n) is 30.2. The Labute approximate surface area is 338 Å². The molecule has 2 N–H and O–H groups in total. The number of methoxy groups -OCH3 is 1. The van der Waals surface area contributed by atoms with E-state index >= 15 is 0 Å². The molecule has 4 heterocycles. The minimum Gasteiger partial charge on any atom is -0.478 e. The second-order valence-corrected chi connectivity index (χ2v) is 12.8. The van der Waals surface area contributed by atoms with Gasteiger partial charge in [0, 0.05) is 53.4 Å². The van der Waals surface area contributed by atoms with Crippen LogP contribution in [0.2, 0.25) is 0 Å². The number of carboxylic acid groups (broad SMARTS) is 1. The molecule has 0 aliphatic rings. The van der Waals surface area contributed by atoms with E-state index < -0.39 is 86.7 Å². The molecule has 26 heteroatoms. The number of carbonyl (C=O) groups excluding carboxylic acids is 1. The van der Waals surface area contributed by atoms with Crippen LogP contribution in [0.3, 0.4) is 0 Å². The Morgan fingerprint density at radius 2 is 0.932 bits per heavy atom. The van der Waals surface area contributed by atoms with E-state index in [1.54, 1.807) is 6.92 Å². The van der Waals surface area contributed by atoms with Crippen molar-refractivity contribution >= 4 is 43.8 Å². The maximum atomic E-state index is 12.5. The van der Waals surface area contributed by atoms with Gasteiger partial charge in [0.05, 0.1) is 18.2 Å². The maximum Gasteiger partial charge on any atom is 0.421 e. The number of H-pyrrole nitrogens is 1. The van der Waals surface area contributed by atoms with E-state index in [9.17, 15) is 81.5 Å². The molecule has 0 aromatic carbocycles. The second kappa shape index (κ2) is 20.7. The number of hydrogen-bond donors (Lipinski definition) is 2. The number of carboxylic acids is 1. The third-order valence-corrected chi connectivity index (χ3v) is 7.90. The van der Waals surface area contributed by atoms with Crippen LogP contribution in [0.4, 0.5) is 52.7 Å². The van der Waals surface area contributed by atoms with Crippen LogP contribution in [-0.2, 0) is 49.1 Å². The first kappa shape index (κ1) is 51.9. The molecule has 0 saturated heterocycles. The molecule has 326 valence electrons. The minimum absolute atomic E-state index is 0.0248. The number of nitrogens with zero attached hydrogens (tertiary/aromatic N) is 3. The summed E-state index contributed by atoms with van der Waals surface area (Å²) in [6.45, 7) is 4.78. The summed E-state index contributed by atoms with van der Waals surface area (Å²) in [6, 6.07) is 2.37. The molecule has 0 radical (unpaired) electrons. The van der Waals surface area contributed by atoms with Crippen LogP contribution in [0.5, 0.6) is 0 Å². The second-order valence-electron chi connectivity index (χ2n) is 11.0. The molecule has 0 aliphatic carbocycles. The molecule has 0 atom stereocenters. The number of aromatic amines is 1. The Kier molecular flexibility index (Phi) is 18.2. The van der Waals surface area contributed by atoms with Crippen LogP contribution < -0.4 is 22.2 Å². The molecular formula is C33H28Br2F12N4O8. The van der Waals surface area contributed by atoms with Crippen LogP contribution in [0.15, 0.2) is 77.2 Å². The van der Waals surface area contributed by atoms with Gasteiger partial charge in [0.1, 0.15) is 22.3 Å². The highest BCUT2D eigenvalue weighted by atomic mass is 79.9. The average molecular weight is 996 g/mol. The molecule has 0 spiro atoms. The monoisotopic (exact) mass is 994 g/mol. The number of nitrogens with one attached hydrogen (secondary N) is 1. The summed E-state index contributed by atoms with van der Waals surface area (Å²) in [5.74, 6) is -2.43. The van der Waals surface area contributed by atoms with Gasteiger partial charge in [-0.1, -0.05) is 0 Å². The molecule has 0 amide bonds. The summed E-state index contributed by atoms with van der Waals surface area (Å²) in [7, 11) is 1.05. The SMILES string of the molecule is CCn1cc(Br)cc(C(F)(F)F)c1=O.CCn1cc(C(=O)O)cc(C(F)(F)F)c1=O.CCn1cc(C(=O)OC)cc(C(F)(F)F)c1=O.O=c1[nH]cc(Br)cc1C(F)(F)F. The lowest BCUT2D eigenvalue weighted by molar-refractivity contribution is -0.139. The number of rotatable bonds is 5. The van der Waals surface area contributed by atoms with Gasteiger partial charge < -0.3 is 28.5 Å². The third-order valence-electron chi connectivity index (χ3n) is 7.00. The first-order valence-electron chi connectivity index (χ1n) is 15.7. The standard InChI is InChI=1S/C10H10F3NO3.C9H8F3NO3.C8H7BrF3NO.C6H3BrF3NO/c1-3-14-5-6(9(16)17-2)4-7(8(14)15)10(11,12)13;1-2-13-4-5(8(15)16)3-6(7(13)14)9(10,11)12;1-2-13-4-5(9)3-6(7(13)14)8(10,11)12;7-3-1-4(6(8,9)10)5(12)11-2-3/h4-5H,3H2,1-2H3;3-4H,2H2,1H3,(H,15,16);3-4H,2H2,1H3;1-2H,(H,11,12). The fraction of sp³-hybridized carbons (Fsp3) is 0.333. The number of pyridine rings is 4. The summed E-state index contributed by atoms with van der Waals surface area (Å²) in [4.78, 5) is 68.2. The smallest absolute Gasteiger partial charge is 0.421 e. The first-order valence-corrected chi connectivity index (χ1v) is 17.3. The quantitative estimate of drug-likeness (QED) is 0.150. The van der Waals surface area contributed by atoms with Crippen molar-refractivity contribution in [2.45, 2.75) is 65.1 Å². The zero-order chi connectivity index (χ0) is 46.0. The number of aromatic nitrogens is 4. The molecule has 4 rings (SSSR count). The van der Waals surface area contributed by atoms with Crippen LogP contribution >= 0.6 is 31.9 Å². The summed E-state index contributed by atoms with van der Waals surface area (Å²) in [5, 5.41) is 8.60. The van der Waals surface area contributed by atoms with Crippen LogP contribution in [-0.4, -0.2) is 42.8 Å². The molecule has 0 bridgehead atoms. The molecule has 59 heavy (non-hydrogen) atoms. The Hall–Kier alpha value is -5.14. The van der Waals surface area contributed by atoms with Crippen molar-refractivity contribution in [2.24, 2.45) is 0 Å². The van der Waals surface area contributed by atoms with Crippen molar-refractivity contribution in [1.82, 2.24) is 18.7 Å². The van der Waals surface area contributed by atoms with Gasteiger partial charge in [-0.25, -0.2) is 9.59 Å². The summed E-state index contributed by atoms with van der Waals surface area (Å²) >= 11 is 5.74. The zero-order valence-corrected chi connectivity index (χ0v) is 33.4. The molecule has 0 unspecified atom stereocenters. The van der Waals surface area contributed by atoms with Crippen LogP contribution in [0.25, 0.3) is 0 Å². The third kappa shape index (κ3) is 14.9. The van der Waals surface area contributed by atoms with E-state index in [1.165, 1.54) is 20.0 Å². The number of hydrogen-bond acceptors (Lipinski definition) is 7. The Bertz CT molecular complexity index is 2360. The van der Waals surface area contributed by atoms with E-state index in [1.807, 2.05) is 4.98 Å². The van der Waals surface area contributed by atoms with Gasteiger partial charge in [-0.05, 0) is 76.9 Å². The molecule has 0 aliphatic heterocycles. The average Bonchev–Trinajstić information content (AvgIpc) is 3.12. The van der Waals surface area contributed by atoms with Crippen molar-refractivity contribution in [3.8, 4) is 0 Å². The van der Waals surface area contributed by atoms with Crippen LogP contribution in [0.1, 0.15) is 63.7 Å². The fourth-order valence-corrected chi connectivity index (χ4v) is 5.02. The van der Waals surface area contributed by atoms with Gasteiger partial charge in [0.2, 0.25) is 0 Å². The fourth-order valence-electron chi connectivity index (χ4n) is 4.20. The van der Waals surface area contributed by atoms with E-state index in [4.69, 9.17) is 5.11 Å². The molecule has 12 nitrogen and oxygen atoms in total. The predicted octanol–water partition coefficient (Wildman–Crippen LogP) is 8.06. The molecule has 0 saturated carbocycles. The van der Waals surface area contributed by atoms with Gasteiger partial charge >= 0.3 is 36.6 Å². The van der Waals surface area contributed by atoms with E-state index in [0.29, 0.717) is 16.7 Å². The largest absolute Gasteiger partial charge is 0.478 e. The molecule has 0 fully saturated rings. The van der Waals surface area contributed by atoms with Crippen LogP contribution in [0, 0.1) is 0 Å². The number of halogens is 14. The van der Waals surface area contributed by atoms with Crippen molar-refractivity contribution in [3.63, 3.8) is 0 Å². The number of alkyl halides is 12. The predicted molar refractivity (Wildman–Crippen MR) is 190 cm³/mol. The van der Waals surface area contributed by atoms with Crippen molar-refractivity contribution < 1.29 is 72.1 Å². The highest BCUT2D eigenvalue weighted by Crippen LogP contribution is 2.30. The normalized spacial score (nSPS) is 11.6. The number of carbonyl (C=O) groups is 2. The summed E-state index contributed by atoms with van der Waals surface area (Å²) in [5.41, 5.74) is -10.6. The van der Waals surface area contributed by atoms with Crippen molar-refractivity contribution in [2.75, 3.05) is 7.11 Å². The first-order chi connectivity index (χ1) is 26.8. The van der Waals surface area contributed by atoms with Gasteiger partial charge in [-0.2, -0.15) is 52.7 Å². The van der Waals surface area contributed by atoms with E-state index in [2.05, 4.69) is 36.6 Å². The number of esters is 1. The summed E-state index contributed by atoms with van der Waals surface area (Å²) in [6.07, 6.45) is -14.4. The lowest BCUT2D eigenvalue weighted by Crippen LogP contribution is -2.29. The highest BCUT2D eigenvalue weighted by molar-refractivity contribution is 9.10. The number of ether oxygens (including phenoxy) is 1. The lowest BCUT2D eigenvalue weighted by atomic mass is 10.2. The highest BCUT2D eigenvalue weighted by Gasteiger charge is 2.37. The van der Waals surface area contributed by atoms with Gasteiger partial charge in [0.25, 0.3) is 22.2 Å². The van der Waals surface area contributed by atoms with Gasteiger partial charge in [-0.15, -0.1) is 0 Å². The molecular weight excluding hydrogens is 968 g/mol. The van der Waals surface area contributed by atoms with E-state index in [-0.39, 0.29) is 34.1 Å². The number of aromatic carboxylic acids is 1. The van der Waals surface area contributed by atoms with Crippen molar-refractivity contribution in [1.29, 1.82) is 0 Å². The van der Waals surface area contributed by atoms with Gasteiger partial charge in [-0.3, -0.25) is 19.2 Å². The maximum absolute atomic E-state index is 12.5. The number of aryl methyl sites for hydroxylation is 3. The summed E-state index contributed by atoms with van der Waals surface area (Å²) < 4.78 is 155. The molecule has 4 aromatic rings. The Morgan fingerprint density at radius 3 is 1.27 bits per heavy atom. The topological polar surface area (TPSA) is 162 Å². The van der Waals surface area contributed by atoms with E-state index in [0.717, 1.165) is 47.0 Å². The minimum atomic E-state index is -4.85. The molecule has 4 aromatic heterocycles. The van der Waals surface area contributed by atoms with Crippen molar-refractivity contribution in [3.05, 3.63) is 133 Å².